The number of halogens is 1. The van der Waals surface area contributed by atoms with Crippen molar-refractivity contribution in [3.05, 3.63) is 0 Å². The summed E-state index contributed by atoms with van der Waals surface area (Å²) < 4.78 is 5.26. The molecule has 1 saturated carbocycles. The van der Waals surface area contributed by atoms with E-state index in [2.05, 4.69) is 0 Å². The van der Waals surface area contributed by atoms with Gasteiger partial charge in [-0.2, -0.15) is 0 Å². The van der Waals surface area contributed by atoms with Crippen LogP contribution in [0.1, 0.15) is 33.6 Å². The van der Waals surface area contributed by atoms with Gasteiger partial charge < -0.3 is 4.74 Å². The van der Waals surface area contributed by atoms with Crippen LogP contribution < -0.4 is 0 Å². The topological polar surface area (TPSA) is 26.3 Å². The quantitative estimate of drug-likeness (QED) is 0.522. The summed E-state index contributed by atoms with van der Waals surface area (Å²) in [7, 11) is 0. The molecule has 3 heteroatoms. The maximum absolute atomic E-state index is 11.4. The third kappa shape index (κ3) is 3.55. The molecule has 2 nitrogen and oxygen atoms in total. The van der Waals surface area contributed by atoms with Crippen LogP contribution in [0, 0.1) is 11.8 Å². The molecule has 76 valence electrons. The molecule has 0 spiro atoms. The van der Waals surface area contributed by atoms with Crippen molar-refractivity contribution < 1.29 is 9.53 Å². The predicted molar refractivity (Wildman–Crippen MR) is 52.8 cm³/mol. The van der Waals surface area contributed by atoms with Crippen molar-refractivity contribution in [2.45, 2.75) is 39.2 Å². The Balaban J connectivity index is 2.28. The molecule has 0 N–H and O–H groups in total. The Morgan fingerprint density at radius 3 is 2.62 bits per heavy atom. The fraction of sp³-hybridized carbons (Fsp3) is 0.900. The zero-order valence-corrected chi connectivity index (χ0v) is 9.23. The number of carbonyl (C=O) groups excluding carboxylic acids is 1. The highest BCUT2D eigenvalue weighted by Crippen LogP contribution is 2.42. The van der Waals surface area contributed by atoms with Gasteiger partial charge in [0.25, 0.3) is 0 Å². The Kier molecular flexibility index (Phi) is 3.23. The Labute approximate surface area is 84.6 Å². The molecule has 1 rings (SSSR count). The van der Waals surface area contributed by atoms with Gasteiger partial charge in [-0.15, -0.1) is 11.6 Å². The number of esters is 1. The van der Waals surface area contributed by atoms with E-state index < -0.39 is 0 Å². The minimum Gasteiger partial charge on any atom is -0.460 e. The third-order valence-corrected chi connectivity index (χ3v) is 2.33. The molecule has 0 radical (unpaired) electrons. The molecule has 2 unspecified atom stereocenters. The highest BCUT2D eigenvalue weighted by molar-refractivity contribution is 6.17. The summed E-state index contributed by atoms with van der Waals surface area (Å²) in [6, 6.07) is 0. The summed E-state index contributed by atoms with van der Waals surface area (Å²) in [5, 5.41) is 0. The van der Waals surface area contributed by atoms with Crippen molar-refractivity contribution >= 4 is 17.6 Å². The van der Waals surface area contributed by atoms with Crippen LogP contribution in [-0.4, -0.2) is 17.5 Å². The molecule has 0 heterocycles. The summed E-state index contributed by atoms with van der Waals surface area (Å²) in [6.45, 7) is 5.68. The maximum Gasteiger partial charge on any atom is 0.309 e. The molecule has 0 aliphatic heterocycles. The summed E-state index contributed by atoms with van der Waals surface area (Å²) in [4.78, 5) is 11.4. The normalized spacial score (nSPS) is 27.1. The van der Waals surface area contributed by atoms with Gasteiger partial charge >= 0.3 is 5.97 Å². The maximum atomic E-state index is 11.4. The monoisotopic (exact) mass is 204 g/mol. The van der Waals surface area contributed by atoms with Crippen LogP contribution in [0.5, 0.6) is 0 Å². The lowest BCUT2D eigenvalue weighted by atomic mass is 10.2. The largest absolute Gasteiger partial charge is 0.460 e. The van der Waals surface area contributed by atoms with E-state index >= 15 is 0 Å². The molecule has 1 aliphatic rings. The average molecular weight is 205 g/mol. The first kappa shape index (κ1) is 10.8. The molecule has 0 aromatic carbocycles. The van der Waals surface area contributed by atoms with Gasteiger partial charge in [0.1, 0.15) is 5.60 Å². The van der Waals surface area contributed by atoms with Crippen LogP contribution >= 0.6 is 11.6 Å². The Bertz CT molecular complexity index is 196. The third-order valence-electron chi connectivity index (χ3n) is 2.11. The Morgan fingerprint density at radius 1 is 1.54 bits per heavy atom. The molecular formula is C10H17ClO2. The van der Waals surface area contributed by atoms with Gasteiger partial charge in [-0.3, -0.25) is 4.79 Å². The highest BCUT2D eigenvalue weighted by atomic mass is 35.5. The van der Waals surface area contributed by atoms with E-state index in [0.717, 1.165) is 12.8 Å². The molecule has 0 amide bonds. The molecule has 2 atom stereocenters. The molecular weight excluding hydrogens is 188 g/mol. The van der Waals surface area contributed by atoms with Gasteiger partial charge in [-0.1, -0.05) is 0 Å². The van der Waals surface area contributed by atoms with Crippen molar-refractivity contribution in [1.82, 2.24) is 0 Å². The lowest BCUT2D eigenvalue weighted by molar-refractivity contribution is -0.156. The van der Waals surface area contributed by atoms with Gasteiger partial charge in [0, 0.05) is 5.88 Å². The van der Waals surface area contributed by atoms with Crippen molar-refractivity contribution in [2.75, 3.05) is 5.88 Å². The van der Waals surface area contributed by atoms with Gasteiger partial charge in [-0.25, -0.2) is 0 Å². The van der Waals surface area contributed by atoms with Crippen molar-refractivity contribution in [1.29, 1.82) is 0 Å². The van der Waals surface area contributed by atoms with Crippen LogP contribution in [-0.2, 0) is 9.53 Å². The summed E-state index contributed by atoms with van der Waals surface area (Å²) in [5.74, 6) is 1.19. The number of alkyl halides is 1. The zero-order valence-electron chi connectivity index (χ0n) is 8.47. The van der Waals surface area contributed by atoms with Crippen LogP contribution in [0.4, 0.5) is 0 Å². The van der Waals surface area contributed by atoms with Crippen LogP contribution in [0.25, 0.3) is 0 Å². The first-order valence-corrected chi connectivity index (χ1v) is 5.26. The van der Waals surface area contributed by atoms with Gasteiger partial charge in [0.05, 0.1) is 5.92 Å². The number of ether oxygens (including phenoxy) is 1. The molecule has 0 bridgehead atoms. The van der Waals surface area contributed by atoms with E-state index in [-0.39, 0.29) is 17.5 Å². The van der Waals surface area contributed by atoms with Gasteiger partial charge in [0.15, 0.2) is 0 Å². The molecule has 1 aliphatic carbocycles. The van der Waals surface area contributed by atoms with Crippen molar-refractivity contribution in [2.24, 2.45) is 11.8 Å². The second-order valence-electron chi connectivity index (χ2n) is 4.61. The Hall–Kier alpha value is -0.240. The van der Waals surface area contributed by atoms with Crippen LogP contribution in [0.15, 0.2) is 0 Å². The van der Waals surface area contributed by atoms with Gasteiger partial charge in [-0.05, 0) is 39.5 Å². The zero-order chi connectivity index (χ0) is 10.1. The lowest BCUT2D eigenvalue weighted by Crippen LogP contribution is -2.25. The highest BCUT2D eigenvalue weighted by Gasteiger charge is 2.44. The predicted octanol–water partition coefficient (Wildman–Crippen LogP) is 2.59. The van der Waals surface area contributed by atoms with E-state index in [9.17, 15) is 4.79 Å². The van der Waals surface area contributed by atoms with E-state index in [0.29, 0.717) is 11.8 Å². The summed E-state index contributed by atoms with van der Waals surface area (Å²) in [6.07, 6.45) is 1.90. The molecule has 1 fully saturated rings. The molecule has 0 aromatic rings. The SMILES string of the molecule is CC(C)(C)OC(=O)C1CC1CCCl. The first-order valence-electron chi connectivity index (χ1n) is 4.73. The van der Waals surface area contributed by atoms with Crippen molar-refractivity contribution in [3.8, 4) is 0 Å². The Morgan fingerprint density at radius 2 is 2.15 bits per heavy atom. The minimum atomic E-state index is -0.356. The van der Waals surface area contributed by atoms with E-state index in [4.69, 9.17) is 16.3 Å². The van der Waals surface area contributed by atoms with Gasteiger partial charge in [0.2, 0.25) is 0 Å². The number of hydrogen-bond donors (Lipinski definition) is 0. The van der Waals surface area contributed by atoms with E-state index in [1.165, 1.54) is 0 Å². The summed E-state index contributed by atoms with van der Waals surface area (Å²) in [5.41, 5.74) is -0.356. The average Bonchev–Trinajstić information content (AvgIpc) is 2.64. The smallest absolute Gasteiger partial charge is 0.309 e. The number of hydrogen-bond acceptors (Lipinski definition) is 2. The molecule has 13 heavy (non-hydrogen) atoms. The van der Waals surface area contributed by atoms with Crippen molar-refractivity contribution in [3.63, 3.8) is 0 Å². The lowest BCUT2D eigenvalue weighted by Gasteiger charge is -2.19. The second kappa shape index (κ2) is 3.87. The first-order chi connectivity index (χ1) is 5.94. The van der Waals surface area contributed by atoms with E-state index in [1.54, 1.807) is 0 Å². The fourth-order valence-corrected chi connectivity index (χ4v) is 1.65. The van der Waals surface area contributed by atoms with E-state index in [1.807, 2.05) is 20.8 Å². The summed E-state index contributed by atoms with van der Waals surface area (Å²) >= 11 is 5.59. The molecule has 0 aromatic heterocycles. The van der Waals surface area contributed by atoms with Crippen LogP contribution in [0.2, 0.25) is 0 Å². The standard InChI is InChI=1S/C10H17ClO2/c1-10(2,3)13-9(12)8-6-7(8)4-5-11/h7-8H,4-6H2,1-3H3. The minimum absolute atomic E-state index is 0.0531. The van der Waals surface area contributed by atoms with Crippen LogP contribution in [0.3, 0.4) is 0 Å². The number of rotatable bonds is 3. The fourth-order valence-electron chi connectivity index (χ4n) is 1.37. The number of carbonyl (C=O) groups is 1. The molecule has 0 saturated heterocycles. The second-order valence-corrected chi connectivity index (χ2v) is 4.99.